The van der Waals surface area contributed by atoms with Gasteiger partial charge in [-0.1, -0.05) is 30.7 Å². The molecule has 1 fully saturated rings. The van der Waals surface area contributed by atoms with Gasteiger partial charge in [0.05, 0.1) is 0 Å². The van der Waals surface area contributed by atoms with E-state index in [1.165, 1.54) is 0 Å². The van der Waals surface area contributed by atoms with E-state index in [0.29, 0.717) is 6.54 Å². The third kappa shape index (κ3) is 6.98. The summed E-state index contributed by atoms with van der Waals surface area (Å²) in [5.41, 5.74) is 1.14. The molecule has 2 rings (SSSR count). The van der Waals surface area contributed by atoms with Gasteiger partial charge in [-0.2, -0.15) is 11.8 Å². The molecule has 0 bridgehead atoms. The molecule has 0 spiro atoms. The number of ether oxygens (including phenoxy) is 1. The van der Waals surface area contributed by atoms with Crippen molar-refractivity contribution in [3.63, 3.8) is 0 Å². The van der Waals surface area contributed by atoms with E-state index in [4.69, 9.17) is 16.3 Å². The minimum absolute atomic E-state index is 0. The standard InChI is InChI=1S/C17H26ClN3OS.HI/c1-3-23-17(7-9-22-10-8-17)13-21-16(19-2)20-12-14-5-4-6-15(18)11-14;/h4-6,11H,3,7-10,12-13H2,1-2H3,(H2,19,20,21);1H. The average Bonchev–Trinajstić information content (AvgIpc) is 2.56. The summed E-state index contributed by atoms with van der Waals surface area (Å²) in [7, 11) is 1.80. The molecule has 1 aliphatic heterocycles. The van der Waals surface area contributed by atoms with E-state index in [-0.39, 0.29) is 28.7 Å². The fourth-order valence-corrected chi connectivity index (χ4v) is 4.17. The summed E-state index contributed by atoms with van der Waals surface area (Å²) < 4.78 is 5.77. The highest BCUT2D eigenvalue weighted by Crippen LogP contribution is 2.34. The van der Waals surface area contributed by atoms with Gasteiger partial charge < -0.3 is 15.4 Å². The predicted molar refractivity (Wildman–Crippen MR) is 116 cm³/mol. The predicted octanol–water partition coefficient (Wildman–Crippen LogP) is 3.93. The lowest BCUT2D eigenvalue weighted by atomic mass is 9.99. The highest BCUT2D eigenvalue weighted by molar-refractivity contribution is 14.0. The summed E-state index contributed by atoms with van der Waals surface area (Å²) in [6.07, 6.45) is 2.17. The molecule has 7 heteroatoms. The number of guanidine groups is 1. The van der Waals surface area contributed by atoms with Crippen molar-refractivity contribution in [2.75, 3.05) is 32.6 Å². The number of rotatable bonds is 6. The van der Waals surface area contributed by atoms with E-state index in [0.717, 1.165) is 54.9 Å². The molecule has 0 aliphatic carbocycles. The van der Waals surface area contributed by atoms with Crippen molar-refractivity contribution in [1.29, 1.82) is 0 Å². The second kappa shape index (κ2) is 11.4. The number of hydrogen-bond acceptors (Lipinski definition) is 3. The molecular weight excluding hydrogens is 457 g/mol. The number of thioether (sulfide) groups is 1. The van der Waals surface area contributed by atoms with Crippen LogP contribution in [0.3, 0.4) is 0 Å². The van der Waals surface area contributed by atoms with E-state index in [1.54, 1.807) is 7.05 Å². The Balaban J connectivity index is 0.00000288. The Hall–Kier alpha value is -0.180. The quantitative estimate of drug-likeness (QED) is 0.366. The molecule has 1 aromatic carbocycles. The average molecular weight is 484 g/mol. The number of halogens is 2. The molecule has 136 valence electrons. The third-order valence-corrected chi connectivity index (χ3v) is 5.69. The molecule has 1 aromatic rings. The van der Waals surface area contributed by atoms with E-state index < -0.39 is 0 Å². The molecule has 1 aliphatic rings. The minimum Gasteiger partial charge on any atom is -0.381 e. The lowest BCUT2D eigenvalue weighted by molar-refractivity contribution is 0.0782. The summed E-state index contributed by atoms with van der Waals surface area (Å²) >= 11 is 8.05. The molecule has 2 N–H and O–H groups in total. The zero-order valence-electron chi connectivity index (χ0n) is 14.3. The molecule has 0 atom stereocenters. The molecule has 0 amide bonds. The first-order valence-corrected chi connectivity index (χ1v) is 9.44. The van der Waals surface area contributed by atoms with Crippen LogP contribution in [-0.2, 0) is 11.3 Å². The van der Waals surface area contributed by atoms with Crippen LogP contribution in [0.15, 0.2) is 29.3 Å². The Bertz CT molecular complexity index is 519. The zero-order chi connectivity index (χ0) is 16.5. The maximum Gasteiger partial charge on any atom is 0.191 e. The van der Waals surface area contributed by atoms with Gasteiger partial charge >= 0.3 is 0 Å². The molecule has 0 radical (unpaired) electrons. The smallest absolute Gasteiger partial charge is 0.191 e. The van der Waals surface area contributed by atoms with Crippen molar-refractivity contribution < 1.29 is 4.74 Å². The minimum atomic E-state index is 0. The van der Waals surface area contributed by atoms with Gasteiger partial charge in [0.25, 0.3) is 0 Å². The summed E-state index contributed by atoms with van der Waals surface area (Å²) in [5.74, 6) is 1.95. The molecule has 0 unspecified atom stereocenters. The Morgan fingerprint density at radius 2 is 2.08 bits per heavy atom. The molecule has 24 heavy (non-hydrogen) atoms. The Morgan fingerprint density at radius 1 is 1.33 bits per heavy atom. The first kappa shape index (κ1) is 21.9. The van der Waals surface area contributed by atoms with Crippen molar-refractivity contribution >= 4 is 53.3 Å². The van der Waals surface area contributed by atoms with Crippen molar-refractivity contribution in [2.24, 2.45) is 4.99 Å². The number of hydrogen-bond donors (Lipinski definition) is 2. The van der Waals surface area contributed by atoms with Crippen LogP contribution in [0.25, 0.3) is 0 Å². The van der Waals surface area contributed by atoms with Crippen LogP contribution in [-0.4, -0.2) is 43.3 Å². The molecule has 1 saturated heterocycles. The summed E-state index contributed by atoms with van der Waals surface area (Å²) in [6, 6.07) is 7.87. The second-order valence-corrected chi connectivity index (χ2v) is 7.81. The van der Waals surface area contributed by atoms with Gasteiger partial charge in [0, 0.05) is 43.1 Å². The van der Waals surface area contributed by atoms with Gasteiger partial charge in [-0.05, 0) is 36.3 Å². The summed E-state index contributed by atoms with van der Waals surface area (Å²) in [5, 5.41) is 7.59. The van der Waals surface area contributed by atoms with Crippen molar-refractivity contribution in [2.45, 2.75) is 31.1 Å². The van der Waals surface area contributed by atoms with Gasteiger partial charge in [0.1, 0.15) is 0 Å². The highest BCUT2D eigenvalue weighted by atomic mass is 127. The van der Waals surface area contributed by atoms with Gasteiger partial charge in [-0.25, -0.2) is 0 Å². The Morgan fingerprint density at radius 3 is 2.71 bits per heavy atom. The number of benzene rings is 1. The lowest BCUT2D eigenvalue weighted by Gasteiger charge is -2.37. The molecule has 1 heterocycles. The topological polar surface area (TPSA) is 45.7 Å². The van der Waals surface area contributed by atoms with Crippen LogP contribution in [0.5, 0.6) is 0 Å². The Kier molecular flexibility index (Phi) is 10.4. The van der Waals surface area contributed by atoms with Crippen LogP contribution in [0.4, 0.5) is 0 Å². The maximum absolute atomic E-state index is 6.02. The van der Waals surface area contributed by atoms with Crippen LogP contribution in [0.1, 0.15) is 25.3 Å². The zero-order valence-corrected chi connectivity index (χ0v) is 18.2. The lowest BCUT2D eigenvalue weighted by Crippen LogP contribution is -2.48. The van der Waals surface area contributed by atoms with Crippen molar-refractivity contribution in [3.8, 4) is 0 Å². The van der Waals surface area contributed by atoms with Gasteiger partial charge in [0.2, 0.25) is 0 Å². The fraction of sp³-hybridized carbons (Fsp3) is 0.588. The monoisotopic (exact) mass is 483 g/mol. The summed E-state index contributed by atoms with van der Waals surface area (Å²) in [6.45, 7) is 5.53. The SMILES string of the molecule is CCSC1(CNC(=NC)NCc2cccc(Cl)c2)CCOCC1.I. The number of nitrogens with one attached hydrogen (secondary N) is 2. The number of aliphatic imine (C=N–C) groups is 1. The highest BCUT2D eigenvalue weighted by Gasteiger charge is 2.32. The van der Waals surface area contributed by atoms with Crippen molar-refractivity contribution in [1.82, 2.24) is 10.6 Å². The maximum atomic E-state index is 6.02. The van der Waals surface area contributed by atoms with Gasteiger partial charge in [-0.3, -0.25) is 4.99 Å². The normalized spacial score (nSPS) is 17.0. The Labute approximate surface area is 171 Å². The number of nitrogens with zero attached hydrogens (tertiary/aromatic N) is 1. The van der Waals surface area contributed by atoms with E-state index in [2.05, 4.69) is 28.6 Å². The molecule has 0 aromatic heterocycles. The van der Waals surface area contributed by atoms with Crippen LogP contribution < -0.4 is 10.6 Å². The van der Waals surface area contributed by atoms with E-state index >= 15 is 0 Å². The third-order valence-electron chi connectivity index (χ3n) is 4.01. The van der Waals surface area contributed by atoms with Crippen molar-refractivity contribution in [3.05, 3.63) is 34.9 Å². The first-order valence-electron chi connectivity index (χ1n) is 8.08. The molecular formula is C17H27ClIN3OS. The van der Waals surface area contributed by atoms with E-state index in [1.807, 2.05) is 30.0 Å². The first-order chi connectivity index (χ1) is 11.2. The molecule has 4 nitrogen and oxygen atoms in total. The van der Waals surface area contributed by atoms with E-state index in [9.17, 15) is 0 Å². The fourth-order valence-electron chi connectivity index (χ4n) is 2.72. The van der Waals surface area contributed by atoms with Crippen LogP contribution in [0.2, 0.25) is 5.02 Å². The van der Waals surface area contributed by atoms with Gasteiger partial charge in [-0.15, -0.1) is 24.0 Å². The second-order valence-electron chi connectivity index (χ2n) is 5.64. The van der Waals surface area contributed by atoms with Crippen LogP contribution in [0, 0.1) is 0 Å². The van der Waals surface area contributed by atoms with Crippen LogP contribution >= 0.6 is 47.3 Å². The largest absolute Gasteiger partial charge is 0.381 e. The molecule has 0 saturated carbocycles. The summed E-state index contributed by atoms with van der Waals surface area (Å²) in [4.78, 5) is 4.32. The van der Waals surface area contributed by atoms with Gasteiger partial charge in [0.15, 0.2) is 5.96 Å².